The first-order chi connectivity index (χ1) is 16.0. The molecule has 5 rings (SSSR count). The quantitative estimate of drug-likeness (QED) is 0.361. The van der Waals surface area contributed by atoms with Gasteiger partial charge < -0.3 is 17.3 Å². The molecule has 0 saturated heterocycles. The monoisotopic (exact) mass is 535 g/mol. The summed E-state index contributed by atoms with van der Waals surface area (Å²) in [6.07, 6.45) is 4.08. The first-order valence-corrected chi connectivity index (χ1v) is 12.8. The second kappa shape index (κ2) is 10.0. The van der Waals surface area contributed by atoms with Gasteiger partial charge in [0.2, 0.25) is 0 Å². The molecule has 176 valence electrons. The summed E-state index contributed by atoms with van der Waals surface area (Å²) in [7, 11) is 1.78. The SMILES string of the molecule is CCn1c(=O)/c(=C2\Sc3cc(F)c(F)cc3N2C)s/c1=C\c1scc[n+]1Cc1ccccc1.[Cl-]. The van der Waals surface area contributed by atoms with Gasteiger partial charge in [0.25, 0.3) is 10.6 Å². The maximum absolute atomic E-state index is 13.8. The number of thiazole rings is 2. The molecule has 0 spiro atoms. The number of fused-ring (bicyclic) bond motifs is 1. The average Bonchev–Trinajstić information content (AvgIpc) is 3.46. The molecule has 1 aliphatic heterocycles. The number of nitrogens with zero attached hydrogens (tertiary/aromatic N) is 3. The van der Waals surface area contributed by atoms with Gasteiger partial charge in [-0.25, -0.2) is 8.78 Å². The molecule has 0 unspecified atom stereocenters. The lowest BCUT2D eigenvalue weighted by molar-refractivity contribution is -0.685. The zero-order valence-corrected chi connectivity index (χ0v) is 21.5. The van der Waals surface area contributed by atoms with E-state index in [-0.39, 0.29) is 18.0 Å². The van der Waals surface area contributed by atoms with Crippen molar-refractivity contribution < 1.29 is 25.8 Å². The molecule has 4 nitrogen and oxygen atoms in total. The summed E-state index contributed by atoms with van der Waals surface area (Å²) in [5.41, 5.74) is 1.67. The lowest BCUT2D eigenvalue weighted by atomic mass is 10.2. The minimum Gasteiger partial charge on any atom is -1.00 e. The minimum atomic E-state index is -0.894. The van der Waals surface area contributed by atoms with E-state index in [1.807, 2.05) is 42.8 Å². The van der Waals surface area contributed by atoms with E-state index in [0.717, 1.165) is 16.2 Å². The molecular weight excluding hydrogens is 516 g/mol. The van der Waals surface area contributed by atoms with Crippen LogP contribution < -0.4 is 36.6 Å². The molecule has 0 bridgehead atoms. The molecule has 0 N–H and O–H groups in total. The maximum Gasteiger partial charge on any atom is 0.271 e. The summed E-state index contributed by atoms with van der Waals surface area (Å²) in [6.45, 7) is 3.22. The summed E-state index contributed by atoms with van der Waals surface area (Å²) in [5, 5.41) is 3.76. The lowest BCUT2D eigenvalue weighted by Crippen LogP contribution is -3.00. The maximum atomic E-state index is 13.8. The second-order valence-electron chi connectivity index (χ2n) is 7.52. The largest absolute Gasteiger partial charge is 1.00 e. The van der Waals surface area contributed by atoms with Gasteiger partial charge in [0.1, 0.15) is 14.2 Å². The molecule has 0 atom stereocenters. The van der Waals surface area contributed by atoms with Gasteiger partial charge in [-0.3, -0.25) is 9.36 Å². The molecule has 0 amide bonds. The molecule has 0 fully saturated rings. The van der Waals surface area contributed by atoms with Crippen molar-refractivity contribution in [3.05, 3.63) is 95.8 Å². The summed E-state index contributed by atoms with van der Waals surface area (Å²) >= 11 is 4.32. The standard InChI is InChI=1S/C24H20F2N3OS3.ClH/c1-3-29-21(13-20-28(9-10-31-20)14-15-7-5-4-6-8-15)33-22(23(29)30)24-27(2)18-11-16(25)17(26)12-19(18)32-24;/h4-13H,3,14H2,1-2H3;1H/q+1;/p-1/b24-22+;. The van der Waals surface area contributed by atoms with E-state index in [2.05, 4.69) is 16.7 Å². The zero-order chi connectivity index (χ0) is 23.1. The third kappa shape index (κ3) is 4.45. The third-order valence-electron chi connectivity index (χ3n) is 5.45. The van der Waals surface area contributed by atoms with E-state index >= 15 is 0 Å². The van der Waals surface area contributed by atoms with Gasteiger partial charge in [0.05, 0.1) is 17.1 Å². The summed E-state index contributed by atoms with van der Waals surface area (Å²) in [4.78, 5) is 15.7. The van der Waals surface area contributed by atoms with Crippen molar-refractivity contribution >= 4 is 51.2 Å². The van der Waals surface area contributed by atoms with Gasteiger partial charge in [-0.15, -0.1) is 11.3 Å². The smallest absolute Gasteiger partial charge is 0.271 e. The zero-order valence-electron chi connectivity index (χ0n) is 18.3. The number of aromatic nitrogens is 2. The number of halogens is 3. The van der Waals surface area contributed by atoms with Crippen LogP contribution in [0.15, 0.2) is 63.7 Å². The van der Waals surface area contributed by atoms with Crippen LogP contribution >= 0.6 is 34.4 Å². The van der Waals surface area contributed by atoms with E-state index < -0.39 is 11.6 Å². The summed E-state index contributed by atoms with van der Waals surface area (Å²) in [6, 6.07) is 12.6. The predicted octanol–water partition coefficient (Wildman–Crippen LogP) is 0.746. The van der Waals surface area contributed by atoms with Crippen LogP contribution in [0.25, 0.3) is 11.1 Å². The number of thioether (sulfide) groups is 1. The molecule has 0 radical (unpaired) electrons. The van der Waals surface area contributed by atoms with Crippen molar-refractivity contribution in [3.63, 3.8) is 0 Å². The fourth-order valence-corrected chi connectivity index (χ4v) is 7.08. The Morgan fingerprint density at radius 1 is 1.12 bits per heavy atom. The Labute approximate surface area is 213 Å². The number of rotatable bonds is 4. The first-order valence-electron chi connectivity index (χ1n) is 10.3. The molecular formula is C24H20ClF2N3OS3. The summed E-state index contributed by atoms with van der Waals surface area (Å²) in [5.74, 6) is -1.78. The third-order valence-corrected chi connectivity index (χ3v) is 8.77. The van der Waals surface area contributed by atoms with Crippen molar-refractivity contribution in [2.75, 3.05) is 11.9 Å². The van der Waals surface area contributed by atoms with Crippen molar-refractivity contribution in [1.82, 2.24) is 4.57 Å². The van der Waals surface area contributed by atoms with Gasteiger partial charge in [0.15, 0.2) is 24.4 Å². The molecule has 1 aliphatic rings. The van der Waals surface area contributed by atoms with Gasteiger partial charge >= 0.3 is 0 Å². The second-order valence-corrected chi connectivity index (χ2v) is 10.5. The highest BCUT2D eigenvalue weighted by atomic mass is 35.5. The van der Waals surface area contributed by atoms with Gasteiger partial charge in [0, 0.05) is 30.1 Å². The fraction of sp³-hybridized carbons (Fsp3) is 0.167. The molecule has 3 heterocycles. The highest BCUT2D eigenvalue weighted by molar-refractivity contribution is 8.08. The van der Waals surface area contributed by atoms with Gasteiger partial charge in [-0.05, 0) is 13.0 Å². The fourth-order valence-electron chi connectivity index (χ4n) is 3.76. The first kappa shape index (κ1) is 24.7. The molecule has 2 aromatic carbocycles. The van der Waals surface area contributed by atoms with Gasteiger partial charge in [-0.1, -0.05) is 53.4 Å². The Kier molecular flexibility index (Phi) is 7.28. The van der Waals surface area contributed by atoms with E-state index in [1.165, 1.54) is 40.8 Å². The van der Waals surface area contributed by atoms with E-state index in [4.69, 9.17) is 0 Å². The number of hydrogen-bond donors (Lipinski definition) is 0. The Morgan fingerprint density at radius 3 is 2.59 bits per heavy atom. The number of benzene rings is 2. The topological polar surface area (TPSA) is 29.1 Å². The van der Waals surface area contributed by atoms with Crippen LogP contribution in [0.4, 0.5) is 14.5 Å². The van der Waals surface area contributed by atoms with E-state index in [1.54, 1.807) is 27.9 Å². The molecule has 10 heteroatoms. The molecule has 4 aromatic rings. The van der Waals surface area contributed by atoms with Crippen molar-refractivity contribution in [1.29, 1.82) is 0 Å². The van der Waals surface area contributed by atoms with Crippen LogP contribution in [0.2, 0.25) is 0 Å². The minimum absolute atomic E-state index is 0. The summed E-state index contributed by atoms with van der Waals surface area (Å²) < 4.78 is 32.9. The van der Waals surface area contributed by atoms with Crippen LogP contribution in [-0.2, 0) is 13.1 Å². The predicted molar refractivity (Wildman–Crippen MR) is 131 cm³/mol. The Balaban J connectivity index is 0.00000274. The number of anilines is 1. The van der Waals surface area contributed by atoms with E-state index in [9.17, 15) is 13.6 Å². The van der Waals surface area contributed by atoms with Crippen LogP contribution in [0, 0.1) is 11.6 Å². The number of hydrogen-bond acceptors (Lipinski definition) is 5. The van der Waals surface area contributed by atoms with Crippen molar-refractivity contribution in [2.45, 2.75) is 24.9 Å². The van der Waals surface area contributed by atoms with Crippen LogP contribution in [0.5, 0.6) is 0 Å². The average molecular weight is 536 g/mol. The van der Waals surface area contributed by atoms with Crippen LogP contribution in [-0.4, -0.2) is 11.6 Å². The van der Waals surface area contributed by atoms with E-state index in [0.29, 0.717) is 26.7 Å². The van der Waals surface area contributed by atoms with Crippen molar-refractivity contribution in [3.8, 4) is 0 Å². The lowest BCUT2D eigenvalue weighted by Gasteiger charge is -2.12. The van der Waals surface area contributed by atoms with Crippen LogP contribution in [0.3, 0.4) is 0 Å². The van der Waals surface area contributed by atoms with Crippen LogP contribution in [0.1, 0.15) is 17.5 Å². The molecule has 34 heavy (non-hydrogen) atoms. The highest BCUT2D eigenvalue weighted by Crippen LogP contribution is 2.46. The Bertz CT molecular complexity index is 1530. The molecule has 0 saturated carbocycles. The highest BCUT2D eigenvalue weighted by Gasteiger charge is 2.27. The normalized spacial score (nSPS) is 14.9. The molecule has 0 aliphatic carbocycles. The molecule has 2 aromatic heterocycles. The Hall–Kier alpha value is -2.46. The van der Waals surface area contributed by atoms with Gasteiger partial charge in [-0.2, -0.15) is 4.57 Å². The van der Waals surface area contributed by atoms with Crippen molar-refractivity contribution in [2.24, 2.45) is 0 Å². The Morgan fingerprint density at radius 2 is 1.85 bits per heavy atom.